The lowest BCUT2D eigenvalue weighted by Gasteiger charge is -2.10. The van der Waals surface area contributed by atoms with Crippen LogP contribution in [0.25, 0.3) is 17.3 Å². The van der Waals surface area contributed by atoms with Gasteiger partial charge in [-0.3, -0.25) is 4.79 Å². The van der Waals surface area contributed by atoms with Crippen LogP contribution in [0.3, 0.4) is 0 Å². The maximum absolute atomic E-state index is 12.1. The molecule has 0 aliphatic heterocycles. The number of hydrogen-bond acceptors (Lipinski definition) is 3. The third kappa shape index (κ3) is 3.27. The quantitative estimate of drug-likeness (QED) is 0.722. The Bertz CT molecular complexity index is 911. The first-order valence-corrected chi connectivity index (χ1v) is 7.64. The van der Waals surface area contributed by atoms with Crippen molar-refractivity contribution in [2.24, 2.45) is 0 Å². The summed E-state index contributed by atoms with van der Waals surface area (Å²) in [6, 6.07) is 18.8. The van der Waals surface area contributed by atoms with Crippen LogP contribution in [0, 0.1) is 0 Å². The summed E-state index contributed by atoms with van der Waals surface area (Å²) in [4.78, 5) is 12.1. The lowest BCUT2D eigenvalue weighted by molar-refractivity contribution is 0.416. The van der Waals surface area contributed by atoms with Gasteiger partial charge in [-0.25, -0.2) is 4.68 Å². The number of aromatic nitrogens is 2. The van der Waals surface area contributed by atoms with Crippen molar-refractivity contribution in [3.63, 3.8) is 0 Å². The zero-order valence-corrected chi connectivity index (χ0v) is 13.5. The molecule has 0 N–H and O–H groups in total. The summed E-state index contributed by atoms with van der Waals surface area (Å²) in [5.41, 5.74) is 3.47. The van der Waals surface area contributed by atoms with Crippen LogP contribution in [0.2, 0.25) is 0 Å². The van der Waals surface area contributed by atoms with Gasteiger partial charge in [0.1, 0.15) is 5.75 Å². The highest BCUT2D eigenvalue weighted by atomic mass is 16.5. The molecule has 0 unspecified atom stereocenters. The van der Waals surface area contributed by atoms with Crippen molar-refractivity contribution in [2.45, 2.75) is 6.54 Å². The zero-order valence-electron chi connectivity index (χ0n) is 13.5. The standard InChI is InChI=1S/C20H18N2O2/c1-3-15-8-10-16(11-9-15)14-22-20(23)13-12-18(21-22)17-6-4-5-7-19(17)24-2/h3-13H,1,14H2,2H3. The van der Waals surface area contributed by atoms with Gasteiger partial charge in [-0.15, -0.1) is 0 Å². The van der Waals surface area contributed by atoms with Gasteiger partial charge in [0.05, 0.1) is 19.3 Å². The molecule has 1 aromatic heterocycles. The van der Waals surface area contributed by atoms with Gasteiger partial charge in [0.2, 0.25) is 0 Å². The third-order valence-electron chi connectivity index (χ3n) is 3.80. The average Bonchev–Trinajstić information content (AvgIpc) is 2.64. The van der Waals surface area contributed by atoms with Crippen molar-refractivity contribution in [1.29, 1.82) is 0 Å². The molecule has 4 heteroatoms. The van der Waals surface area contributed by atoms with Crippen LogP contribution < -0.4 is 10.3 Å². The molecule has 24 heavy (non-hydrogen) atoms. The number of para-hydroxylation sites is 1. The Labute approximate surface area is 140 Å². The Morgan fingerprint density at radius 2 is 1.83 bits per heavy atom. The number of methoxy groups -OCH3 is 1. The van der Waals surface area contributed by atoms with Crippen LogP contribution >= 0.6 is 0 Å². The molecule has 2 aromatic carbocycles. The van der Waals surface area contributed by atoms with Gasteiger partial charge in [0.15, 0.2) is 0 Å². The first-order valence-electron chi connectivity index (χ1n) is 7.64. The predicted molar refractivity (Wildman–Crippen MR) is 96.1 cm³/mol. The molecule has 4 nitrogen and oxygen atoms in total. The summed E-state index contributed by atoms with van der Waals surface area (Å²) in [7, 11) is 1.62. The van der Waals surface area contributed by atoms with E-state index in [0.717, 1.165) is 22.4 Å². The van der Waals surface area contributed by atoms with Crippen molar-refractivity contribution in [3.8, 4) is 17.0 Å². The van der Waals surface area contributed by atoms with Crippen LogP contribution in [0.1, 0.15) is 11.1 Å². The van der Waals surface area contributed by atoms with E-state index >= 15 is 0 Å². The highest BCUT2D eigenvalue weighted by Crippen LogP contribution is 2.27. The second kappa shape index (κ2) is 6.96. The Hall–Kier alpha value is -3.14. The summed E-state index contributed by atoms with van der Waals surface area (Å²) in [6.07, 6.45) is 1.79. The normalized spacial score (nSPS) is 10.4. The Morgan fingerprint density at radius 1 is 1.08 bits per heavy atom. The van der Waals surface area contributed by atoms with E-state index in [4.69, 9.17) is 4.74 Å². The van der Waals surface area contributed by atoms with Crippen molar-refractivity contribution >= 4 is 6.08 Å². The van der Waals surface area contributed by atoms with Gasteiger partial charge in [0.25, 0.3) is 5.56 Å². The molecular formula is C20H18N2O2. The Morgan fingerprint density at radius 3 is 2.54 bits per heavy atom. The van der Waals surface area contributed by atoms with E-state index in [2.05, 4.69) is 11.7 Å². The first kappa shape index (κ1) is 15.7. The van der Waals surface area contributed by atoms with Gasteiger partial charge in [-0.1, -0.05) is 49.1 Å². The fourth-order valence-electron chi connectivity index (χ4n) is 2.49. The molecule has 0 spiro atoms. The van der Waals surface area contributed by atoms with E-state index in [1.54, 1.807) is 19.3 Å². The molecule has 1 heterocycles. The smallest absolute Gasteiger partial charge is 0.267 e. The summed E-state index contributed by atoms with van der Waals surface area (Å²) in [5.74, 6) is 0.727. The molecule has 0 bridgehead atoms. The van der Waals surface area contributed by atoms with Crippen LogP contribution in [0.4, 0.5) is 0 Å². The van der Waals surface area contributed by atoms with Gasteiger partial charge >= 0.3 is 0 Å². The molecule has 0 fully saturated rings. The highest BCUT2D eigenvalue weighted by Gasteiger charge is 2.08. The van der Waals surface area contributed by atoms with Crippen molar-refractivity contribution < 1.29 is 4.74 Å². The molecule has 0 saturated heterocycles. The lowest BCUT2D eigenvalue weighted by atomic mass is 10.1. The summed E-state index contributed by atoms with van der Waals surface area (Å²) in [5, 5.41) is 4.49. The molecule has 0 atom stereocenters. The van der Waals surface area contributed by atoms with Gasteiger partial charge in [-0.2, -0.15) is 5.10 Å². The molecule has 3 aromatic rings. The lowest BCUT2D eigenvalue weighted by Crippen LogP contribution is -2.22. The minimum Gasteiger partial charge on any atom is -0.496 e. The molecule has 3 rings (SSSR count). The summed E-state index contributed by atoms with van der Waals surface area (Å²) in [6.45, 7) is 4.16. The summed E-state index contributed by atoms with van der Waals surface area (Å²) < 4.78 is 6.84. The maximum Gasteiger partial charge on any atom is 0.267 e. The fraction of sp³-hybridized carbons (Fsp3) is 0.100. The SMILES string of the molecule is C=Cc1ccc(Cn2nc(-c3ccccc3OC)ccc2=O)cc1. The number of benzene rings is 2. The van der Waals surface area contributed by atoms with E-state index in [0.29, 0.717) is 12.2 Å². The third-order valence-corrected chi connectivity index (χ3v) is 3.80. The van der Waals surface area contributed by atoms with Gasteiger partial charge < -0.3 is 4.74 Å². The largest absolute Gasteiger partial charge is 0.496 e. The van der Waals surface area contributed by atoms with Crippen molar-refractivity contribution in [3.05, 3.63) is 88.7 Å². The molecule has 0 radical (unpaired) electrons. The first-order chi connectivity index (χ1) is 11.7. The van der Waals surface area contributed by atoms with Crippen LogP contribution in [0.5, 0.6) is 5.75 Å². The topological polar surface area (TPSA) is 44.1 Å². The van der Waals surface area contributed by atoms with E-state index in [-0.39, 0.29) is 5.56 Å². The number of hydrogen-bond donors (Lipinski definition) is 0. The van der Waals surface area contributed by atoms with Crippen LogP contribution in [0.15, 0.2) is 72.0 Å². The minimum atomic E-state index is -0.138. The zero-order chi connectivity index (χ0) is 16.9. The second-order valence-corrected chi connectivity index (χ2v) is 5.36. The summed E-state index contributed by atoms with van der Waals surface area (Å²) >= 11 is 0. The maximum atomic E-state index is 12.1. The van der Waals surface area contributed by atoms with E-state index < -0.39 is 0 Å². The van der Waals surface area contributed by atoms with Crippen molar-refractivity contribution in [2.75, 3.05) is 7.11 Å². The molecule has 0 saturated carbocycles. The minimum absolute atomic E-state index is 0.138. The molecule has 0 amide bonds. The average molecular weight is 318 g/mol. The van der Waals surface area contributed by atoms with Gasteiger partial charge in [0, 0.05) is 11.6 Å². The van der Waals surface area contributed by atoms with Crippen molar-refractivity contribution in [1.82, 2.24) is 9.78 Å². The molecule has 0 aliphatic carbocycles. The second-order valence-electron chi connectivity index (χ2n) is 5.36. The van der Waals surface area contributed by atoms with Crippen LogP contribution in [-0.2, 0) is 6.54 Å². The monoisotopic (exact) mass is 318 g/mol. The molecule has 0 aliphatic rings. The Kier molecular flexibility index (Phi) is 4.57. The molecule has 120 valence electrons. The van der Waals surface area contributed by atoms with E-state index in [1.807, 2.05) is 48.5 Å². The van der Waals surface area contributed by atoms with E-state index in [1.165, 1.54) is 10.7 Å². The number of nitrogens with zero attached hydrogens (tertiary/aromatic N) is 2. The van der Waals surface area contributed by atoms with Crippen LogP contribution in [-0.4, -0.2) is 16.9 Å². The number of ether oxygens (including phenoxy) is 1. The Balaban J connectivity index is 1.96. The fourth-order valence-corrected chi connectivity index (χ4v) is 2.49. The van der Waals surface area contributed by atoms with E-state index in [9.17, 15) is 4.79 Å². The molecular weight excluding hydrogens is 300 g/mol. The predicted octanol–water partition coefficient (Wildman–Crippen LogP) is 3.61. The highest BCUT2D eigenvalue weighted by molar-refractivity contribution is 5.66. The number of rotatable bonds is 5. The van der Waals surface area contributed by atoms with Gasteiger partial charge in [-0.05, 0) is 29.3 Å².